The van der Waals surface area contributed by atoms with Crippen LogP contribution in [0.15, 0.2) is 48.5 Å². The molecule has 0 aliphatic heterocycles. The molecule has 1 amide bonds. The van der Waals surface area contributed by atoms with Crippen LogP contribution in [0.5, 0.6) is 0 Å². The molecule has 0 aromatic heterocycles. The highest BCUT2D eigenvalue weighted by atomic mass is 31.2. The first-order valence-corrected chi connectivity index (χ1v) is 15.2. The summed E-state index contributed by atoms with van der Waals surface area (Å²) in [6.45, 7) is 4.82. The summed E-state index contributed by atoms with van der Waals surface area (Å²) in [6.07, 6.45) is -0.915. The summed E-state index contributed by atoms with van der Waals surface area (Å²) in [7, 11) is 1.61. The van der Waals surface area contributed by atoms with E-state index in [0.29, 0.717) is 11.0 Å². The fourth-order valence-corrected chi connectivity index (χ4v) is 5.41. The van der Waals surface area contributed by atoms with E-state index in [1.807, 2.05) is 75.7 Å². The Morgan fingerprint density at radius 2 is 1.55 bits per heavy atom. The van der Waals surface area contributed by atoms with E-state index >= 15 is 0 Å². The number of hydrogen-bond donors (Lipinski definition) is 1. The Labute approximate surface area is 247 Å². The number of fused-ring (bicyclic) bond motifs is 3. The highest BCUT2D eigenvalue weighted by Gasteiger charge is 2.35. The van der Waals surface area contributed by atoms with E-state index in [1.54, 1.807) is 20.8 Å². The molecule has 12 heteroatoms. The number of carbonyl (C=O) groups is 2. The average molecular weight is 603 g/mol. The van der Waals surface area contributed by atoms with Crippen molar-refractivity contribution in [2.45, 2.75) is 44.8 Å². The Morgan fingerprint density at radius 3 is 2.10 bits per heavy atom. The van der Waals surface area contributed by atoms with Crippen LogP contribution in [0.3, 0.4) is 0 Å². The summed E-state index contributed by atoms with van der Waals surface area (Å²) >= 11 is 0. The van der Waals surface area contributed by atoms with Crippen molar-refractivity contribution >= 4 is 19.9 Å². The third-order valence-corrected chi connectivity index (χ3v) is 7.66. The standard InChI is InChI=1S/C30H40N3O8P/c1-30(2,3)41-28(34)27(21-40-42(36,38-18-11-16-31)39-19-17-33(4,5)6)32-29(35)37-20-26-24-14-9-7-12-22(24)23-13-8-10-15-25(23)26/h7-10,12-15,26-27H,11,17-21H2,1-6H3/p+1/t27-,42?/m0/s1. The van der Waals surface area contributed by atoms with Crippen LogP contribution in [0.25, 0.3) is 11.1 Å². The van der Waals surface area contributed by atoms with E-state index in [9.17, 15) is 14.2 Å². The normalized spacial score (nSPS) is 15.1. The van der Waals surface area contributed by atoms with Crippen LogP contribution in [-0.4, -0.2) is 82.3 Å². The van der Waals surface area contributed by atoms with Crippen molar-refractivity contribution in [1.29, 1.82) is 5.26 Å². The van der Waals surface area contributed by atoms with Crippen molar-refractivity contribution in [3.63, 3.8) is 0 Å². The van der Waals surface area contributed by atoms with E-state index in [1.165, 1.54) is 0 Å². The molecule has 1 aliphatic carbocycles. The number of alkyl carbamates (subject to hydrolysis) is 1. The van der Waals surface area contributed by atoms with Crippen LogP contribution >= 0.6 is 7.82 Å². The molecule has 0 saturated carbocycles. The number of nitrogens with one attached hydrogen (secondary N) is 1. The molecular formula is C30H41N3O8P+. The number of nitrogens with zero attached hydrogens (tertiary/aromatic N) is 2. The van der Waals surface area contributed by atoms with E-state index in [2.05, 4.69) is 5.32 Å². The van der Waals surface area contributed by atoms with Crippen LogP contribution in [0.2, 0.25) is 0 Å². The molecule has 0 heterocycles. The predicted octanol–water partition coefficient (Wildman–Crippen LogP) is 5.01. The Balaban J connectivity index is 1.70. The number of ether oxygens (including phenoxy) is 2. The average Bonchev–Trinajstić information content (AvgIpc) is 3.22. The first kappa shape index (κ1) is 33.2. The number of hydrogen-bond acceptors (Lipinski definition) is 9. The molecule has 2 aromatic rings. The van der Waals surface area contributed by atoms with Gasteiger partial charge in [-0.25, -0.2) is 14.2 Å². The lowest BCUT2D eigenvalue weighted by Crippen LogP contribution is -2.47. The van der Waals surface area contributed by atoms with Crippen molar-refractivity contribution in [2.24, 2.45) is 0 Å². The van der Waals surface area contributed by atoms with Crippen LogP contribution < -0.4 is 5.32 Å². The molecule has 3 rings (SSSR count). The van der Waals surface area contributed by atoms with Gasteiger partial charge < -0.3 is 19.3 Å². The smallest absolute Gasteiger partial charge is 0.458 e. The quantitative estimate of drug-likeness (QED) is 0.137. The third-order valence-electron chi connectivity index (χ3n) is 6.20. The maximum absolute atomic E-state index is 13.3. The largest absolute Gasteiger partial charge is 0.475 e. The van der Waals surface area contributed by atoms with Gasteiger partial charge in [0.05, 0.1) is 46.8 Å². The Kier molecular flexibility index (Phi) is 11.3. The van der Waals surface area contributed by atoms with Gasteiger partial charge in [0, 0.05) is 5.92 Å². The highest BCUT2D eigenvalue weighted by Crippen LogP contribution is 2.49. The molecule has 42 heavy (non-hydrogen) atoms. The Morgan fingerprint density at radius 1 is 0.976 bits per heavy atom. The van der Waals surface area contributed by atoms with Gasteiger partial charge in [0.15, 0.2) is 6.04 Å². The Bertz CT molecular complexity index is 1280. The molecule has 1 aliphatic rings. The number of phosphoric ester groups is 1. The topological polar surface area (TPSA) is 133 Å². The van der Waals surface area contributed by atoms with E-state index in [0.717, 1.165) is 22.3 Å². The van der Waals surface area contributed by atoms with Crippen molar-refractivity contribution in [1.82, 2.24) is 5.32 Å². The molecule has 0 fully saturated rings. The van der Waals surface area contributed by atoms with Crippen molar-refractivity contribution in [3.05, 3.63) is 59.7 Å². The SMILES string of the molecule is CC(C)(C)OC(=O)[C@H](COP(=O)(OCCC#N)OCC[N+](C)(C)C)NC(=O)OCC1c2ccccc2-c2ccccc21. The molecule has 2 atom stereocenters. The van der Waals surface area contributed by atoms with Crippen LogP contribution in [0.1, 0.15) is 44.2 Å². The van der Waals surface area contributed by atoms with Crippen LogP contribution in [0, 0.1) is 11.3 Å². The van der Waals surface area contributed by atoms with Gasteiger partial charge in [-0.15, -0.1) is 0 Å². The fourth-order valence-electron chi connectivity index (χ4n) is 4.23. The minimum Gasteiger partial charge on any atom is -0.458 e. The third kappa shape index (κ3) is 9.93. The molecule has 228 valence electrons. The number of nitriles is 1. The van der Waals surface area contributed by atoms with Gasteiger partial charge in [0.2, 0.25) is 0 Å². The Hall–Kier alpha value is -3.26. The van der Waals surface area contributed by atoms with Crippen molar-refractivity contribution in [2.75, 3.05) is 54.1 Å². The molecule has 1 N–H and O–H groups in total. The second-order valence-corrected chi connectivity index (χ2v) is 13.6. The molecule has 0 spiro atoms. The zero-order valence-corrected chi connectivity index (χ0v) is 26.0. The van der Waals surface area contributed by atoms with Gasteiger partial charge in [-0.1, -0.05) is 48.5 Å². The minimum atomic E-state index is -4.19. The van der Waals surface area contributed by atoms with Gasteiger partial charge in [-0.3, -0.25) is 13.6 Å². The zero-order valence-electron chi connectivity index (χ0n) is 25.1. The highest BCUT2D eigenvalue weighted by molar-refractivity contribution is 7.48. The van der Waals surface area contributed by atoms with E-state index < -0.39 is 38.1 Å². The monoisotopic (exact) mass is 602 g/mol. The number of rotatable bonds is 14. The molecule has 0 radical (unpaired) electrons. The molecule has 0 bridgehead atoms. The second kappa shape index (κ2) is 14.3. The summed E-state index contributed by atoms with van der Waals surface area (Å²) in [5, 5.41) is 11.3. The first-order chi connectivity index (χ1) is 19.7. The summed E-state index contributed by atoms with van der Waals surface area (Å²) in [6, 6.07) is 16.4. The van der Waals surface area contributed by atoms with Crippen molar-refractivity contribution in [3.8, 4) is 17.2 Å². The number of amides is 1. The number of esters is 1. The van der Waals surface area contributed by atoms with Gasteiger partial charge in [-0.05, 0) is 43.0 Å². The lowest BCUT2D eigenvalue weighted by atomic mass is 9.98. The van der Waals surface area contributed by atoms with E-state index in [-0.39, 0.29) is 32.2 Å². The van der Waals surface area contributed by atoms with E-state index in [4.69, 9.17) is 28.3 Å². The van der Waals surface area contributed by atoms with Gasteiger partial charge in [0.1, 0.15) is 25.4 Å². The maximum atomic E-state index is 13.3. The molecule has 0 saturated heterocycles. The molecule has 2 aromatic carbocycles. The van der Waals surface area contributed by atoms with Gasteiger partial charge in [0.25, 0.3) is 0 Å². The zero-order chi connectivity index (χ0) is 31.0. The van der Waals surface area contributed by atoms with Crippen molar-refractivity contribution < 1.29 is 41.7 Å². The summed E-state index contributed by atoms with van der Waals surface area (Å²) in [5.41, 5.74) is 3.38. The maximum Gasteiger partial charge on any atom is 0.475 e. The number of phosphoric acid groups is 1. The summed E-state index contributed by atoms with van der Waals surface area (Å²) in [4.78, 5) is 26.0. The fraction of sp³-hybridized carbons (Fsp3) is 0.500. The number of likely N-dealkylation sites (N-methyl/N-ethyl adjacent to an activating group) is 1. The number of benzene rings is 2. The number of carbonyl (C=O) groups excluding carboxylic acids is 2. The van der Waals surface area contributed by atoms with Gasteiger partial charge in [-0.2, -0.15) is 5.26 Å². The van der Waals surface area contributed by atoms with Gasteiger partial charge >= 0.3 is 19.9 Å². The number of quaternary nitrogens is 1. The summed E-state index contributed by atoms with van der Waals surface area (Å²) in [5.74, 6) is -0.992. The summed E-state index contributed by atoms with van der Waals surface area (Å²) < 4.78 is 41.1. The minimum absolute atomic E-state index is 0.0320. The molecule has 11 nitrogen and oxygen atoms in total. The molecular weight excluding hydrogens is 561 g/mol. The first-order valence-electron chi connectivity index (χ1n) is 13.8. The van der Waals surface area contributed by atoms with Crippen LogP contribution in [-0.2, 0) is 32.4 Å². The molecule has 1 unspecified atom stereocenters. The predicted molar refractivity (Wildman–Crippen MR) is 156 cm³/mol. The second-order valence-electron chi connectivity index (χ2n) is 11.9. The van der Waals surface area contributed by atoms with Crippen LogP contribution in [0.4, 0.5) is 4.79 Å². The lowest BCUT2D eigenvalue weighted by molar-refractivity contribution is -0.870. The lowest BCUT2D eigenvalue weighted by Gasteiger charge is -2.27.